The summed E-state index contributed by atoms with van der Waals surface area (Å²) < 4.78 is 5.51. The van der Waals surface area contributed by atoms with Crippen molar-refractivity contribution in [3.05, 3.63) is 71.8 Å². The number of rotatable bonds is 5. The molecule has 1 unspecified atom stereocenters. The van der Waals surface area contributed by atoms with E-state index in [4.69, 9.17) is 4.74 Å². The first-order valence-electron chi connectivity index (χ1n) is 7.04. The third-order valence-corrected chi connectivity index (χ3v) is 3.81. The highest BCUT2D eigenvalue weighted by molar-refractivity contribution is 5.86. The summed E-state index contributed by atoms with van der Waals surface area (Å²) in [6.45, 7) is 3.75. The number of hydrogen-bond acceptors (Lipinski definition) is 2. The van der Waals surface area contributed by atoms with Crippen LogP contribution in [0, 0.1) is 0 Å². The molecule has 0 radical (unpaired) electrons. The van der Waals surface area contributed by atoms with Crippen LogP contribution in [0.25, 0.3) is 0 Å². The first-order chi connectivity index (χ1) is 10.1. The Kier molecular flexibility index (Phi) is 4.76. The molecular formula is C18H21NO2. The molecule has 2 aromatic carbocycles. The fourth-order valence-electron chi connectivity index (χ4n) is 2.26. The number of amides is 1. The van der Waals surface area contributed by atoms with E-state index in [0.29, 0.717) is 0 Å². The van der Waals surface area contributed by atoms with E-state index in [1.54, 1.807) is 14.0 Å². The first-order valence-corrected chi connectivity index (χ1v) is 7.04. The maximum atomic E-state index is 12.6. The van der Waals surface area contributed by atoms with Crippen LogP contribution in [0.5, 0.6) is 0 Å². The molecule has 0 aliphatic carbocycles. The molecule has 3 nitrogen and oxygen atoms in total. The topological polar surface area (TPSA) is 38.3 Å². The van der Waals surface area contributed by atoms with E-state index < -0.39 is 5.60 Å². The van der Waals surface area contributed by atoms with Crippen LogP contribution in [-0.4, -0.2) is 13.0 Å². The van der Waals surface area contributed by atoms with E-state index in [-0.39, 0.29) is 11.9 Å². The second kappa shape index (κ2) is 6.55. The molecule has 0 heterocycles. The normalized spacial score (nSPS) is 15.0. The van der Waals surface area contributed by atoms with Gasteiger partial charge in [0, 0.05) is 7.11 Å². The molecule has 21 heavy (non-hydrogen) atoms. The number of carbonyl (C=O) groups is 1. The highest BCUT2D eigenvalue weighted by Gasteiger charge is 2.35. The highest BCUT2D eigenvalue weighted by Crippen LogP contribution is 2.26. The molecule has 0 aliphatic rings. The zero-order valence-electron chi connectivity index (χ0n) is 12.7. The maximum Gasteiger partial charge on any atom is 0.257 e. The Morgan fingerprint density at radius 2 is 1.57 bits per heavy atom. The first kappa shape index (κ1) is 15.3. The summed E-state index contributed by atoms with van der Waals surface area (Å²) in [7, 11) is 1.56. The molecule has 0 aromatic heterocycles. The average Bonchev–Trinajstić information content (AvgIpc) is 2.55. The fraction of sp³-hybridized carbons (Fsp3) is 0.278. The molecule has 0 aliphatic heterocycles. The van der Waals surface area contributed by atoms with Crippen LogP contribution in [0.15, 0.2) is 60.7 Å². The summed E-state index contributed by atoms with van der Waals surface area (Å²) in [5.74, 6) is -0.146. The Balaban J connectivity index is 2.18. The van der Waals surface area contributed by atoms with Crippen molar-refractivity contribution in [2.75, 3.05) is 7.11 Å². The van der Waals surface area contributed by atoms with Crippen LogP contribution in [0.4, 0.5) is 0 Å². The van der Waals surface area contributed by atoms with E-state index in [2.05, 4.69) is 5.32 Å². The summed E-state index contributed by atoms with van der Waals surface area (Å²) in [6, 6.07) is 19.3. The second-order valence-electron chi connectivity index (χ2n) is 5.21. The Bertz CT molecular complexity index is 583. The molecular weight excluding hydrogens is 262 g/mol. The molecule has 2 atom stereocenters. The monoisotopic (exact) mass is 283 g/mol. The Hall–Kier alpha value is -2.13. The predicted molar refractivity (Wildman–Crippen MR) is 83.8 cm³/mol. The van der Waals surface area contributed by atoms with Gasteiger partial charge in [-0.3, -0.25) is 4.79 Å². The van der Waals surface area contributed by atoms with Crippen LogP contribution in [0.2, 0.25) is 0 Å². The summed E-state index contributed by atoms with van der Waals surface area (Å²) in [4.78, 5) is 12.6. The standard InChI is InChI=1S/C18H21NO2/c1-14(15-10-6-4-7-11-15)19-17(20)18(2,21-3)16-12-8-5-9-13-16/h4-14H,1-3H3,(H,19,20)/t14?,18-/m0/s1. The summed E-state index contributed by atoms with van der Waals surface area (Å²) in [5, 5.41) is 3.02. The van der Waals surface area contributed by atoms with Crippen molar-refractivity contribution < 1.29 is 9.53 Å². The van der Waals surface area contributed by atoms with Crippen LogP contribution < -0.4 is 5.32 Å². The lowest BCUT2D eigenvalue weighted by atomic mass is 9.94. The fourth-order valence-corrected chi connectivity index (χ4v) is 2.26. The molecule has 0 saturated carbocycles. The molecule has 2 aromatic rings. The van der Waals surface area contributed by atoms with E-state index in [1.807, 2.05) is 67.6 Å². The molecule has 0 fully saturated rings. The summed E-state index contributed by atoms with van der Waals surface area (Å²) >= 11 is 0. The SMILES string of the molecule is CO[C@](C)(C(=O)NC(C)c1ccccc1)c1ccccc1. The molecule has 1 N–H and O–H groups in total. The van der Waals surface area contributed by atoms with Crippen molar-refractivity contribution in [1.29, 1.82) is 0 Å². The Morgan fingerprint density at radius 3 is 2.10 bits per heavy atom. The molecule has 0 bridgehead atoms. The predicted octanol–water partition coefficient (Wildman–Crippen LogP) is 3.43. The maximum absolute atomic E-state index is 12.6. The smallest absolute Gasteiger partial charge is 0.257 e. The summed E-state index contributed by atoms with van der Waals surface area (Å²) in [5.41, 5.74) is 0.909. The van der Waals surface area contributed by atoms with Crippen LogP contribution in [0.1, 0.15) is 31.0 Å². The van der Waals surface area contributed by atoms with Gasteiger partial charge in [-0.1, -0.05) is 60.7 Å². The molecule has 0 saturated heterocycles. The molecule has 3 heteroatoms. The van der Waals surface area contributed by atoms with Gasteiger partial charge in [-0.2, -0.15) is 0 Å². The van der Waals surface area contributed by atoms with Gasteiger partial charge in [-0.05, 0) is 25.0 Å². The lowest BCUT2D eigenvalue weighted by Gasteiger charge is -2.29. The number of ether oxygens (including phenoxy) is 1. The number of benzene rings is 2. The van der Waals surface area contributed by atoms with Gasteiger partial charge >= 0.3 is 0 Å². The number of nitrogens with one attached hydrogen (secondary N) is 1. The molecule has 1 amide bonds. The lowest BCUT2D eigenvalue weighted by molar-refractivity contribution is -0.143. The number of hydrogen-bond donors (Lipinski definition) is 1. The van der Waals surface area contributed by atoms with Crippen molar-refractivity contribution in [2.24, 2.45) is 0 Å². The van der Waals surface area contributed by atoms with Gasteiger partial charge in [0.05, 0.1) is 6.04 Å². The highest BCUT2D eigenvalue weighted by atomic mass is 16.5. The third kappa shape index (κ3) is 3.31. The molecule has 0 spiro atoms. The van der Waals surface area contributed by atoms with Gasteiger partial charge in [-0.25, -0.2) is 0 Å². The van der Waals surface area contributed by atoms with Gasteiger partial charge in [0.1, 0.15) is 0 Å². The van der Waals surface area contributed by atoms with Crippen molar-refractivity contribution in [3.8, 4) is 0 Å². The van der Waals surface area contributed by atoms with Crippen LogP contribution >= 0.6 is 0 Å². The second-order valence-corrected chi connectivity index (χ2v) is 5.21. The molecule has 2 rings (SSSR count). The quantitative estimate of drug-likeness (QED) is 0.913. The Morgan fingerprint density at radius 1 is 1.05 bits per heavy atom. The Labute approximate surface area is 126 Å². The van der Waals surface area contributed by atoms with Crippen LogP contribution in [0.3, 0.4) is 0 Å². The van der Waals surface area contributed by atoms with Gasteiger partial charge in [0.25, 0.3) is 5.91 Å². The zero-order chi connectivity index (χ0) is 15.3. The van der Waals surface area contributed by atoms with Gasteiger partial charge in [0.2, 0.25) is 0 Å². The minimum absolute atomic E-state index is 0.0723. The zero-order valence-corrected chi connectivity index (χ0v) is 12.7. The average molecular weight is 283 g/mol. The minimum atomic E-state index is -0.996. The molecule has 110 valence electrons. The van der Waals surface area contributed by atoms with Gasteiger partial charge < -0.3 is 10.1 Å². The van der Waals surface area contributed by atoms with Crippen molar-refractivity contribution in [1.82, 2.24) is 5.32 Å². The van der Waals surface area contributed by atoms with Crippen molar-refractivity contribution >= 4 is 5.91 Å². The van der Waals surface area contributed by atoms with E-state index >= 15 is 0 Å². The summed E-state index contributed by atoms with van der Waals surface area (Å²) in [6.07, 6.45) is 0. The minimum Gasteiger partial charge on any atom is -0.364 e. The van der Waals surface area contributed by atoms with Crippen molar-refractivity contribution in [3.63, 3.8) is 0 Å². The number of carbonyl (C=O) groups excluding carboxylic acids is 1. The third-order valence-electron chi connectivity index (χ3n) is 3.81. The van der Waals surface area contributed by atoms with Crippen molar-refractivity contribution in [2.45, 2.75) is 25.5 Å². The van der Waals surface area contributed by atoms with Crippen LogP contribution in [-0.2, 0) is 15.1 Å². The van der Waals surface area contributed by atoms with Gasteiger partial charge in [-0.15, -0.1) is 0 Å². The van der Waals surface area contributed by atoms with E-state index in [1.165, 1.54) is 0 Å². The largest absolute Gasteiger partial charge is 0.364 e. The van der Waals surface area contributed by atoms with Gasteiger partial charge in [0.15, 0.2) is 5.60 Å². The number of methoxy groups -OCH3 is 1. The lowest BCUT2D eigenvalue weighted by Crippen LogP contribution is -2.44. The van der Waals surface area contributed by atoms with E-state index in [9.17, 15) is 4.79 Å². The van der Waals surface area contributed by atoms with E-state index in [0.717, 1.165) is 11.1 Å².